The van der Waals surface area contributed by atoms with Crippen LogP contribution >= 0.6 is 0 Å². The van der Waals surface area contributed by atoms with Crippen LogP contribution in [0, 0.1) is 11.3 Å². The highest BCUT2D eigenvalue weighted by Crippen LogP contribution is 2.34. The van der Waals surface area contributed by atoms with Gasteiger partial charge >= 0.3 is 6.03 Å². The Morgan fingerprint density at radius 2 is 1.67 bits per heavy atom. The lowest BCUT2D eigenvalue weighted by atomic mass is 10.1. The van der Waals surface area contributed by atoms with Gasteiger partial charge in [-0.25, -0.2) is 13.2 Å². The number of hydrogen-bond acceptors (Lipinski definition) is 6. The molecule has 1 heterocycles. The van der Waals surface area contributed by atoms with Gasteiger partial charge in [0.1, 0.15) is 22.5 Å². The fourth-order valence-electron chi connectivity index (χ4n) is 4.06. The molecule has 3 aromatic rings. The number of benzene rings is 3. The molecule has 10 heteroatoms. The molecule has 186 valence electrons. The number of anilines is 2. The predicted molar refractivity (Wildman–Crippen MR) is 136 cm³/mol. The third kappa shape index (κ3) is 5.21. The molecule has 2 amide bonds. The molecule has 1 saturated heterocycles. The summed E-state index contributed by atoms with van der Waals surface area (Å²) in [5.41, 5.74) is 1.56. The van der Waals surface area contributed by atoms with Crippen molar-refractivity contribution in [2.24, 2.45) is 0 Å². The smallest absolute Gasteiger partial charge is 0.324 e. The quantitative estimate of drug-likeness (QED) is 0.490. The average molecular weight is 507 g/mol. The lowest BCUT2D eigenvalue weighted by Crippen LogP contribution is -2.49. The van der Waals surface area contributed by atoms with E-state index in [0.717, 1.165) is 11.3 Å². The second-order valence-corrected chi connectivity index (χ2v) is 9.80. The van der Waals surface area contributed by atoms with Crippen LogP contribution in [0.4, 0.5) is 16.2 Å². The molecule has 0 aliphatic carbocycles. The van der Waals surface area contributed by atoms with Crippen molar-refractivity contribution >= 4 is 27.4 Å². The fraction of sp³-hybridized carbons (Fsp3) is 0.231. The van der Waals surface area contributed by atoms with Crippen molar-refractivity contribution in [3.05, 3.63) is 77.9 Å². The summed E-state index contributed by atoms with van der Waals surface area (Å²) in [6.45, 7) is 1.41. The predicted octanol–water partition coefficient (Wildman–Crippen LogP) is 4.21. The molecule has 0 spiro atoms. The number of hydrogen-bond donors (Lipinski definition) is 1. The Morgan fingerprint density at radius 3 is 2.36 bits per heavy atom. The molecule has 3 aromatic carbocycles. The van der Waals surface area contributed by atoms with E-state index in [4.69, 9.17) is 9.47 Å². The fourth-order valence-corrected chi connectivity index (χ4v) is 5.28. The molecule has 4 rings (SSSR count). The van der Waals surface area contributed by atoms with Gasteiger partial charge in [0.15, 0.2) is 0 Å². The van der Waals surface area contributed by atoms with Gasteiger partial charge in [-0.1, -0.05) is 24.3 Å². The van der Waals surface area contributed by atoms with Crippen molar-refractivity contribution < 1.29 is 22.7 Å². The molecule has 0 radical (unpaired) electrons. The second kappa shape index (κ2) is 10.6. The standard InChI is InChI=1S/C26H26N4O5S/c1-34-21-10-8-19(9-11-21)18-29-14-5-15-30(26(29)31)24-13-12-22(35-2)16-23(24)28-36(32,33)25-7-4-3-6-20(25)17-27/h3-4,6-13,16,28H,5,14-15,18H2,1-2H3. The Morgan fingerprint density at radius 1 is 0.972 bits per heavy atom. The van der Waals surface area contributed by atoms with Crippen LogP contribution in [0.1, 0.15) is 17.5 Å². The number of amides is 2. The Balaban J connectivity index is 1.64. The number of nitrogens with one attached hydrogen (secondary N) is 1. The number of ether oxygens (including phenoxy) is 2. The maximum atomic E-state index is 13.5. The molecular weight excluding hydrogens is 480 g/mol. The number of methoxy groups -OCH3 is 2. The normalized spacial score (nSPS) is 13.8. The monoisotopic (exact) mass is 506 g/mol. The first kappa shape index (κ1) is 24.9. The number of nitriles is 1. The van der Waals surface area contributed by atoms with Gasteiger partial charge in [-0.15, -0.1) is 0 Å². The molecule has 0 unspecified atom stereocenters. The van der Waals surface area contributed by atoms with Crippen molar-refractivity contribution in [2.75, 3.05) is 36.9 Å². The molecule has 0 aromatic heterocycles. The summed E-state index contributed by atoms with van der Waals surface area (Å²) in [7, 11) is -1.05. The molecule has 36 heavy (non-hydrogen) atoms. The third-order valence-corrected chi connectivity index (χ3v) is 7.30. The van der Waals surface area contributed by atoms with Gasteiger partial charge < -0.3 is 14.4 Å². The van der Waals surface area contributed by atoms with Crippen molar-refractivity contribution in [3.63, 3.8) is 0 Å². The van der Waals surface area contributed by atoms with Crippen LogP contribution in [0.2, 0.25) is 0 Å². The number of rotatable bonds is 8. The van der Waals surface area contributed by atoms with Gasteiger partial charge in [0, 0.05) is 25.7 Å². The molecule has 1 N–H and O–H groups in total. The van der Waals surface area contributed by atoms with E-state index in [1.54, 1.807) is 41.2 Å². The van der Waals surface area contributed by atoms with E-state index in [-0.39, 0.29) is 22.2 Å². The van der Waals surface area contributed by atoms with Crippen molar-refractivity contribution in [1.82, 2.24) is 4.90 Å². The molecule has 1 fully saturated rings. The topological polar surface area (TPSA) is 112 Å². The number of carbonyl (C=O) groups excluding carboxylic acids is 1. The van der Waals surface area contributed by atoms with Crippen LogP contribution in [0.25, 0.3) is 0 Å². The molecule has 1 aliphatic rings. The number of urea groups is 1. The Hall–Kier alpha value is -4.23. The van der Waals surface area contributed by atoms with E-state index in [1.165, 1.54) is 25.3 Å². The minimum Gasteiger partial charge on any atom is -0.497 e. The zero-order valence-corrected chi connectivity index (χ0v) is 20.8. The lowest BCUT2D eigenvalue weighted by Gasteiger charge is -2.36. The number of sulfonamides is 1. The first-order valence-electron chi connectivity index (χ1n) is 11.3. The minimum absolute atomic E-state index is 0.0224. The molecule has 0 saturated carbocycles. The number of nitrogens with zero attached hydrogens (tertiary/aromatic N) is 3. The van der Waals surface area contributed by atoms with Gasteiger partial charge in [0.2, 0.25) is 0 Å². The molecular formula is C26H26N4O5S. The van der Waals surface area contributed by atoms with E-state index >= 15 is 0 Å². The van der Waals surface area contributed by atoms with E-state index in [2.05, 4.69) is 4.72 Å². The largest absolute Gasteiger partial charge is 0.497 e. The van der Waals surface area contributed by atoms with Crippen LogP contribution in [-0.2, 0) is 16.6 Å². The van der Waals surface area contributed by atoms with Gasteiger partial charge in [-0.2, -0.15) is 5.26 Å². The maximum Gasteiger partial charge on any atom is 0.324 e. The van der Waals surface area contributed by atoms with E-state index in [1.807, 2.05) is 30.3 Å². The molecule has 9 nitrogen and oxygen atoms in total. The van der Waals surface area contributed by atoms with Crippen molar-refractivity contribution in [1.29, 1.82) is 5.26 Å². The summed E-state index contributed by atoms with van der Waals surface area (Å²) in [6, 6.07) is 20.0. The van der Waals surface area contributed by atoms with E-state index < -0.39 is 10.0 Å². The summed E-state index contributed by atoms with van der Waals surface area (Å²) in [4.78, 5) is 16.6. The van der Waals surface area contributed by atoms with Crippen LogP contribution < -0.4 is 19.1 Å². The van der Waals surface area contributed by atoms with Gasteiger partial charge in [-0.05, 0) is 48.4 Å². The van der Waals surface area contributed by atoms with Crippen LogP contribution in [0.15, 0.2) is 71.6 Å². The van der Waals surface area contributed by atoms with E-state index in [0.29, 0.717) is 37.5 Å². The minimum atomic E-state index is -4.12. The lowest BCUT2D eigenvalue weighted by molar-refractivity contribution is 0.192. The highest BCUT2D eigenvalue weighted by atomic mass is 32.2. The third-order valence-electron chi connectivity index (χ3n) is 5.88. The van der Waals surface area contributed by atoms with Crippen LogP contribution in [0.5, 0.6) is 11.5 Å². The summed E-state index contributed by atoms with van der Waals surface area (Å²) in [5.74, 6) is 1.16. The van der Waals surface area contributed by atoms with Crippen LogP contribution in [-0.4, -0.2) is 46.7 Å². The van der Waals surface area contributed by atoms with Crippen LogP contribution in [0.3, 0.4) is 0 Å². The average Bonchev–Trinajstić information content (AvgIpc) is 2.90. The highest BCUT2D eigenvalue weighted by Gasteiger charge is 2.30. The SMILES string of the molecule is COc1ccc(CN2CCCN(c3ccc(OC)cc3NS(=O)(=O)c3ccccc3C#N)C2=O)cc1. The van der Waals surface area contributed by atoms with Gasteiger partial charge in [0.25, 0.3) is 10.0 Å². The summed E-state index contributed by atoms with van der Waals surface area (Å²) < 4.78 is 39.5. The molecule has 0 atom stereocenters. The first-order chi connectivity index (χ1) is 17.4. The van der Waals surface area contributed by atoms with Gasteiger partial charge in [0.05, 0.1) is 31.2 Å². The second-order valence-electron chi connectivity index (χ2n) is 8.15. The highest BCUT2D eigenvalue weighted by molar-refractivity contribution is 7.92. The zero-order valence-electron chi connectivity index (χ0n) is 20.0. The van der Waals surface area contributed by atoms with Crippen molar-refractivity contribution in [2.45, 2.75) is 17.9 Å². The summed E-state index contributed by atoms with van der Waals surface area (Å²) in [6.07, 6.45) is 0.706. The van der Waals surface area contributed by atoms with Gasteiger partial charge in [-0.3, -0.25) is 9.62 Å². The Labute approximate surface area is 210 Å². The Kier molecular flexibility index (Phi) is 7.31. The maximum absolute atomic E-state index is 13.5. The first-order valence-corrected chi connectivity index (χ1v) is 12.7. The number of carbonyl (C=O) groups is 1. The summed E-state index contributed by atoms with van der Waals surface area (Å²) in [5, 5.41) is 9.38. The molecule has 1 aliphatic heterocycles. The van der Waals surface area contributed by atoms with Crippen molar-refractivity contribution in [3.8, 4) is 17.6 Å². The van der Waals surface area contributed by atoms with E-state index in [9.17, 15) is 18.5 Å². The summed E-state index contributed by atoms with van der Waals surface area (Å²) >= 11 is 0. The molecule has 0 bridgehead atoms. The zero-order chi connectivity index (χ0) is 25.7. The Bertz CT molecular complexity index is 1400.